The van der Waals surface area contributed by atoms with E-state index in [0.29, 0.717) is 13.1 Å². The summed E-state index contributed by atoms with van der Waals surface area (Å²) in [7, 11) is 0. The first-order valence-corrected chi connectivity index (χ1v) is 6.30. The van der Waals surface area contributed by atoms with Crippen LogP contribution in [0.5, 0.6) is 0 Å². The number of amides is 1. The van der Waals surface area contributed by atoms with Crippen molar-refractivity contribution in [3.05, 3.63) is 35.9 Å². The van der Waals surface area contributed by atoms with E-state index >= 15 is 0 Å². The molecular weight excluding hydrogens is 212 g/mol. The van der Waals surface area contributed by atoms with Gasteiger partial charge in [0.25, 0.3) is 5.91 Å². The normalized spacial score (nSPS) is 10.6. The van der Waals surface area contributed by atoms with Gasteiger partial charge in [0.2, 0.25) is 0 Å². The average molecular weight is 234 g/mol. The van der Waals surface area contributed by atoms with Crippen molar-refractivity contribution in [2.24, 2.45) is 5.73 Å². The summed E-state index contributed by atoms with van der Waals surface area (Å²) in [4.78, 5) is 14.3. The lowest BCUT2D eigenvalue weighted by Crippen LogP contribution is -2.42. The monoisotopic (exact) mass is 234 g/mol. The van der Waals surface area contributed by atoms with Crippen LogP contribution in [0.1, 0.15) is 37.0 Å². The first-order chi connectivity index (χ1) is 8.24. The topological polar surface area (TPSA) is 46.3 Å². The summed E-state index contributed by atoms with van der Waals surface area (Å²) in [6.45, 7) is 5.35. The number of carbonyl (C=O) groups is 1. The van der Waals surface area contributed by atoms with Crippen molar-refractivity contribution in [2.45, 2.75) is 32.7 Å². The summed E-state index contributed by atoms with van der Waals surface area (Å²) in [5, 5.41) is 0. The fraction of sp³-hybridized carbons (Fsp3) is 0.500. The maximum Gasteiger partial charge on any atom is 0.254 e. The smallest absolute Gasteiger partial charge is 0.254 e. The molecule has 1 aromatic carbocycles. The van der Waals surface area contributed by atoms with Crippen molar-refractivity contribution in [1.82, 2.24) is 4.90 Å². The van der Waals surface area contributed by atoms with E-state index < -0.39 is 0 Å². The molecular formula is C14H22N2O. The molecule has 0 bridgehead atoms. The van der Waals surface area contributed by atoms with E-state index in [1.54, 1.807) is 0 Å². The van der Waals surface area contributed by atoms with Gasteiger partial charge in [0, 0.05) is 24.7 Å². The number of hydrogen-bond donors (Lipinski definition) is 1. The van der Waals surface area contributed by atoms with Gasteiger partial charge in [-0.05, 0) is 25.0 Å². The van der Waals surface area contributed by atoms with Gasteiger partial charge in [-0.2, -0.15) is 0 Å². The molecule has 0 spiro atoms. The maximum atomic E-state index is 12.4. The highest BCUT2D eigenvalue weighted by molar-refractivity contribution is 5.94. The van der Waals surface area contributed by atoms with E-state index in [2.05, 4.69) is 13.8 Å². The lowest BCUT2D eigenvalue weighted by atomic mass is 10.1. The van der Waals surface area contributed by atoms with Crippen LogP contribution in [0.3, 0.4) is 0 Å². The number of hydrogen-bond acceptors (Lipinski definition) is 2. The van der Waals surface area contributed by atoms with Gasteiger partial charge in [-0.1, -0.05) is 32.0 Å². The van der Waals surface area contributed by atoms with Gasteiger partial charge in [-0.15, -0.1) is 0 Å². The number of benzene rings is 1. The van der Waals surface area contributed by atoms with Crippen LogP contribution in [0.4, 0.5) is 0 Å². The van der Waals surface area contributed by atoms with Crippen molar-refractivity contribution < 1.29 is 4.79 Å². The molecule has 0 heterocycles. The van der Waals surface area contributed by atoms with Gasteiger partial charge in [0.15, 0.2) is 0 Å². The van der Waals surface area contributed by atoms with Crippen LogP contribution in [0, 0.1) is 0 Å². The summed E-state index contributed by atoms with van der Waals surface area (Å²) in [6, 6.07) is 9.69. The minimum absolute atomic E-state index is 0.0877. The molecule has 0 fully saturated rings. The molecule has 0 saturated heterocycles. The fourth-order valence-corrected chi connectivity index (χ4v) is 2.07. The Morgan fingerprint density at radius 1 is 1.24 bits per heavy atom. The molecule has 3 heteroatoms. The van der Waals surface area contributed by atoms with E-state index in [1.807, 2.05) is 35.2 Å². The molecule has 94 valence electrons. The first-order valence-electron chi connectivity index (χ1n) is 6.30. The molecule has 17 heavy (non-hydrogen) atoms. The highest BCUT2D eigenvalue weighted by atomic mass is 16.2. The average Bonchev–Trinajstić information content (AvgIpc) is 2.39. The SMILES string of the molecule is CCC(CC)N(CCN)C(=O)c1ccccc1. The largest absolute Gasteiger partial charge is 0.334 e. The Hall–Kier alpha value is -1.35. The van der Waals surface area contributed by atoms with E-state index in [1.165, 1.54) is 0 Å². The van der Waals surface area contributed by atoms with Gasteiger partial charge < -0.3 is 10.6 Å². The first kappa shape index (κ1) is 13.7. The predicted molar refractivity (Wildman–Crippen MR) is 70.9 cm³/mol. The molecule has 1 aromatic rings. The van der Waals surface area contributed by atoms with Crippen LogP contribution < -0.4 is 5.73 Å². The summed E-state index contributed by atoms with van der Waals surface area (Å²) < 4.78 is 0. The number of rotatable bonds is 6. The zero-order valence-electron chi connectivity index (χ0n) is 10.7. The van der Waals surface area contributed by atoms with Crippen molar-refractivity contribution in [1.29, 1.82) is 0 Å². The molecule has 0 unspecified atom stereocenters. The lowest BCUT2D eigenvalue weighted by Gasteiger charge is -2.30. The third-order valence-electron chi connectivity index (χ3n) is 3.03. The van der Waals surface area contributed by atoms with Gasteiger partial charge in [0.1, 0.15) is 0 Å². The maximum absolute atomic E-state index is 12.4. The zero-order chi connectivity index (χ0) is 12.7. The molecule has 0 aliphatic carbocycles. The summed E-state index contributed by atoms with van der Waals surface area (Å²) in [5.74, 6) is 0.0877. The minimum atomic E-state index is 0.0877. The lowest BCUT2D eigenvalue weighted by molar-refractivity contribution is 0.0674. The highest BCUT2D eigenvalue weighted by Crippen LogP contribution is 2.13. The van der Waals surface area contributed by atoms with E-state index in [9.17, 15) is 4.79 Å². The van der Waals surface area contributed by atoms with E-state index in [0.717, 1.165) is 18.4 Å². The van der Waals surface area contributed by atoms with Crippen molar-refractivity contribution in [3.8, 4) is 0 Å². The third-order valence-corrected chi connectivity index (χ3v) is 3.03. The summed E-state index contributed by atoms with van der Waals surface area (Å²) >= 11 is 0. The van der Waals surface area contributed by atoms with E-state index in [4.69, 9.17) is 5.73 Å². The van der Waals surface area contributed by atoms with Gasteiger partial charge in [-0.3, -0.25) is 4.79 Å². The number of carbonyl (C=O) groups excluding carboxylic acids is 1. The van der Waals surface area contributed by atoms with Crippen LogP contribution in [-0.4, -0.2) is 29.9 Å². The Bertz CT molecular complexity index is 333. The Morgan fingerprint density at radius 2 is 1.82 bits per heavy atom. The van der Waals surface area contributed by atoms with Crippen LogP contribution in [0.15, 0.2) is 30.3 Å². The molecule has 1 amide bonds. The molecule has 1 rings (SSSR count). The number of nitrogens with zero attached hydrogens (tertiary/aromatic N) is 1. The molecule has 0 saturated carbocycles. The van der Waals surface area contributed by atoms with Gasteiger partial charge >= 0.3 is 0 Å². The Kier molecular flexibility index (Phi) is 5.70. The zero-order valence-corrected chi connectivity index (χ0v) is 10.7. The molecule has 0 aliphatic heterocycles. The minimum Gasteiger partial charge on any atom is -0.334 e. The summed E-state index contributed by atoms with van der Waals surface area (Å²) in [6.07, 6.45) is 1.93. The molecule has 0 atom stereocenters. The molecule has 0 aliphatic rings. The molecule has 0 aromatic heterocycles. The van der Waals surface area contributed by atoms with Crippen LogP contribution in [0.25, 0.3) is 0 Å². The highest BCUT2D eigenvalue weighted by Gasteiger charge is 2.21. The third kappa shape index (κ3) is 3.56. The molecule has 2 N–H and O–H groups in total. The van der Waals surface area contributed by atoms with Crippen LogP contribution in [-0.2, 0) is 0 Å². The fourth-order valence-electron chi connectivity index (χ4n) is 2.07. The van der Waals surface area contributed by atoms with Crippen LogP contribution in [0.2, 0.25) is 0 Å². The standard InChI is InChI=1S/C14H22N2O/c1-3-13(4-2)16(11-10-15)14(17)12-8-6-5-7-9-12/h5-9,13H,3-4,10-11,15H2,1-2H3. The second-order valence-electron chi connectivity index (χ2n) is 4.12. The second-order valence-corrected chi connectivity index (χ2v) is 4.12. The quantitative estimate of drug-likeness (QED) is 0.820. The van der Waals surface area contributed by atoms with E-state index in [-0.39, 0.29) is 11.9 Å². The predicted octanol–water partition coefficient (Wildman–Crippen LogP) is 2.28. The molecule has 0 radical (unpaired) electrons. The summed E-state index contributed by atoms with van der Waals surface area (Å²) in [5.41, 5.74) is 6.34. The second kappa shape index (κ2) is 7.07. The van der Waals surface area contributed by atoms with Crippen molar-refractivity contribution >= 4 is 5.91 Å². The van der Waals surface area contributed by atoms with Crippen LogP contribution >= 0.6 is 0 Å². The van der Waals surface area contributed by atoms with Gasteiger partial charge in [-0.25, -0.2) is 0 Å². The van der Waals surface area contributed by atoms with Crippen molar-refractivity contribution in [3.63, 3.8) is 0 Å². The Labute approximate surface area is 104 Å². The van der Waals surface area contributed by atoms with Gasteiger partial charge in [0.05, 0.1) is 0 Å². The number of nitrogens with two attached hydrogens (primary N) is 1. The Balaban J connectivity index is 2.87. The molecule has 3 nitrogen and oxygen atoms in total. The Morgan fingerprint density at radius 3 is 2.29 bits per heavy atom. The van der Waals surface area contributed by atoms with Crippen molar-refractivity contribution in [2.75, 3.05) is 13.1 Å².